The smallest absolute Gasteiger partial charge is 0.289 e. The first kappa shape index (κ1) is 18.5. The molecule has 1 aliphatic rings. The first-order chi connectivity index (χ1) is 12.5. The van der Waals surface area contributed by atoms with Crippen LogP contribution >= 0.6 is 0 Å². The molecule has 2 unspecified atom stereocenters. The molecular weight excluding hydrogens is 328 g/mol. The second-order valence-electron chi connectivity index (χ2n) is 7.24. The van der Waals surface area contributed by atoms with E-state index < -0.39 is 0 Å². The minimum absolute atomic E-state index is 0.0403. The van der Waals surface area contributed by atoms with Gasteiger partial charge >= 0.3 is 0 Å². The van der Waals surface area contributed by atoms with Crippen LogP contribution in [0.5, 0.6) is 5.75 Å². The van der Waals surface area contributed by atoms with Gasteiger partial charge in [-0.25, -0.2) is 0 Å². The van der Waals surface area contributed by atoms with Gasteiger partial charge in [0.05, 0.1) is 0 Å². The average molecular weight is 356 g/mol. The molecule has 1 aromatic carbocycles. The molecule has 0 saturated carbocycles. The number of nitrogens with zero attached hydrogens (tertiary/aromatic N) is 1. The minimum Gasteiger partial charge on any atom is -0.485 e. The number of furan rings is 1. The van der Waals surface area contributed by atoms with Gasteiger partial charge in [-0.3, -0.25) is 4.79 Å². The number of benzene rings is 1. The predicted molar refractivity (Wildman–Crippen MR) is 101 cm³/mol. The van der Waals surface area contributed by atoms with Crippen LogP contribution in [-0.4, -0.2) is 29.4 Å². The van der Waals surface area contributed by atoms with Gasteiger partial charge in [-0.2, -0.15) is 0 Å². The van der Waals surface area contributed by atoms with Crippen LogP contribution in [0.15, 0.2) is 34.7 Å². The van der Waals surface area contributed by atoms with E-state index >= 15 is 0 Å². The van der Waals surface area contributed by atoms with Crippen molar-refractivity contribution in [3.8, 4) is 5.75 Å². The molecule has 140 valence electrons. The van der Waals surface area contributed by atoms with E-state index in [9.17, 15) is 4.79 Å². The first-order valence-electron chi connectivity index (χ1n) is 9.31. The molecule has 26 heavy (non-hydrogen) atoms. The van der Waals surface area contributed by atoms with Crippen molar-refractivity contribution in [1.82, 2.24) is 4.90 Å². The highest BCUT2D eigenvalue weighted by Crippen LogP contribution is 2.24. The summed E-state index contributed by atoms with van der Waals surface area (Å²) in [5.74, 6) is 1.75. The Kier molecular flexibility index (Phi) is 5.67. The maximum absolute atomic E-state index is 12.8. The van der Waals surface area contributed by atoms with E-state index in [1.165, 1.54) is 5.56 Å². The molecule has 1 amide bonds. The molecule has 0 radical (unpaired) electrons. The summed E-state index contributed by atoms with van der Waals surface area (Å²) in [5, 5.41) is 0. The van der Waals surface area contributed by atoms with Crippen LogP contribution in [0.1, 0.15) is 53.6 Å². The van der Waals surface area contributed by atoms with Gasteiger partial charge in [0, 0.05) is 18.6 Å². The normalized spacial score (nSPS) is 18.6. The van der Waals surface area contributed by atoms with E-state index in [0.717, 1.165) is 37.1 Å². The molecule has 2 aromatic rings. The summed E-state index contributed by atoms with van der Waals surface area (Å²) in [7, 11) is 0. The fourth-order valence-corrected chi connectivity index (χ4v) is 3.58. The molecular formula is C21H28N2O3. The number of rotatable bonds is 5. The van der Waals surface area contributed by atoms with Gasteiger partial charge in [0.15, 0.2) is 5.76 Å². The number of nitrogens with two attached hydrogens (primary N) is 1. The lowest BCUT2D eigenvalue weighted by Crippen LogP contribution is -2.51. The maximum Gasteiger partial charge on any atom is 0.289 e. The largest absolute Gasteiger partial charge is 0.485 e. The topological polar surface area (TPSA) is 68.7 Å². The van der Waals surface area contributed by atoms with E-state index in [4.69, 9.17) is 14.9 Å². The number of hydrogen-bond donors (Lipinski definition) is 1. The number of carbonyl (C=O) groups is 1. The zero-order valence-electron chi connectivity index (χ0n) is 15.8. The number of aryl methyl sites for hydroxylation is 2. The van der Waals surface area contributed by atoms with Crippen molar-refractivity contribution in [3.63, 3.8) is 0 Å². The predicted octanol–water partition coefficient (Wildman–Crippen LogP) is 3.82. The Morgan fingerprint density at radius 3 is 2.85 bits per heavy atom. The second kappa shape index (κ2) is 7.96. The summed E-state index contributed by atoms with van der Waals surface area (Å²) in [5.41, 5.74) is 8.36. The SMILES string of the molecule is Cc1ccc(OCc2ccc(C(=O)N3CCCCC3C(C)N)o2)c(C)c1. The fraction of sp³-hybridized carbons (Fsp3) is 0.476. The molecule has 2 atom stereocenters. The molecule has 1 aliphatic heterocycles. The lowest BCUT2D eigenvalue weighted by Gasteiger charge is -2.37. The highest BCUT2D eigenvalue weighted by atomic mass is 16.5. The molecule has 0 spiro atoms. The Labute approximate surface area is 155 Å². The summed E-state index contributed by atoms with van der Waals surface area (Å²) >= 11 is 0. The number of likely N-dealkylation sites (tertiary alicyclic amines) is 1. The highest BCUT2D eigenvalue weighted by Gasteiger charge is 2.31. The average Bonchev–Trinajstić information content (AvgIpc) is 3.09. The van der Waals surface area contributed by atoms with Gasteiger partial charge in [0.2, 0.25) is 0 Å². The molecule has 0 aliphatic carbocycles. The van der Waals surface area contributed by atoms with Gasteiger partial charge in [0.25, 0.3) is 5.91 Å². The first-order valence-corrected chi connectivity index (χ1v) is 9.31. The van der Waals surface area contributed by atoms with Crippen molar-refractivity contribution < 1.29 is 13.9 Å². The third-order valence-corrected chi connectivity index (χ3v) is 4.99. The standard InChI is InChI=1S/C21H28N2O3/c1-14-7-9-19(15(2)12-14)25-13-17-8-10-20(26-17)21(24)23-11-5-4-6-18(23)16(3)22/h7-10,12,16,18H,4-6,11,13,22H2,1-3H3. The van der Waals surface area contributed by atoms with Gasteiger partial charge in [-0.1, -0.05) is 17.7 Å². The van der Waals surface area contributed by atoms with E-state index in [1.807, 2.05) is 36.9 Å². The van der Waals surface area contributed by atoms with Gasteiger partial charge in [-0.05, 0) is 63.8 Å². The molecule has 3 rings (SSSR count). The molecule has 1 saturated heterocycles. The van der Waals surface area contributed by atoms with Crippen LogP contribution in [0.2, 0.25) is 0 Å². The fourth-order valence-electron chi connectivity index (χ4n) is 3.58. The Balaban J connectivity index is 1.66. The van der Waals surface area contributed by atoms with Crippen molar-refractivity contribution in [1.29, 1.82) is 0 Å². The third kappa shape index (κ3) is 4.10. The second-order valence-corrected chi connectivity index (χ2v) is 7.24. The Morgan fingerprint density at radius 1 is 1.31 bits per heavy atom. The van der Waals surface area contributed by atoms with Crippen molar-refractivity contribution in [2.24, 2.45) is 5.73 Å². The van der Waals surface area contributed by atoms with Crippen LogP contribution in [-0.2, 0) is 6.61 Å². The summed E-state index contributed by atoms with van der Waals surface area (Å²) in [4.78, 5) is 14.7. The molecule has 1 aromatic heterocycles. The Hall–Kier alpha value is -2.27. The number of piperidine rings is 1. The minimum atomic E-state index is -0.0789. The summed E-state index contributed by atoms with van der Waals surface area (Å²) in [6, 6.07) is 9.64. The van der Waals surface area contributed by atoms with Crippen LogP contribution in [0.25, 0.3) is 0 Å². The summed E-state index contributed by atoms with van der Waals surface area (Å²) in [6.07, 6.45) is 3.08. The molecule has 2 N–H and O–H groups in total. The van der Waals surface area contributed by atoms with E-state index in [-0.39, 0.29) is 18.0 Å². The Morgan fingerprint density at radius 2 is 2.12 bits per heavy atom. The highest BCUT2D eigenvalue weighted by molar-refractivity contribution is 5.91. The van der Waals surface area contributed by atoms with Crippen molar-refractivity contribution in [3.05, 3.63) is 53.0 Å². The maximum atomic E-state index is 12.8. The van der Waals surface area contributed by atoms with Crippen molar-refractivity contribution in [2.45, 2.75) is 58.7 Å². The van der Waals surface area contributed by atoms with Crippen LogP contribution in [0.3, 0.4) is 0 Å². The van der Waals surface area contributed by atoms with Crippen LogP contribution < -0.4 is 10.5 Å². The lowest BCUT2D eigenvalue weighted by molar-refractivity contribution is 0.0548. The van der Waals surface area contributed by atoms with Crippen LogP contribution in [0, 0.1) is 13.8 Å². The zero-order valence-corrected chi connectivity index (χ0v) is 15.8. The van der Waals surface area contributed by atoms with Crippen molar-refractivity contribution in [2.75, 3.05) is 6.54 Å². The third-order valence-electron chi connectivity index (χ3n) is 4.99. The van der Waals surface area contributed by atoms with Gasteiger partial charge in [-0.15, -0.1) is 0 Å². The monoisotopic (exact) mass is 356 g/mol. The van der Waals surface area contributed by atoms with Crippen LogP contribution in [0.4, 0.5) is 0 Å². The molecule has 5 heteroatoms. The summed E-state index contributed by atoms with van der Waals surface area (Å²) in [6.45, 7) is 7.07. The molecule has 2 heterocycles. The zero-order chi connectivity index (χ0) is 18.7. The Bertz CT molecular complexity index is 766. The number of hydrogen-bond acceptors (Lipinski definition) is 4. The van der Waals surface area contributed by atoms with Gasteiger partial charge < -0.3 is 19.8 Å². The van der Waals surface area contributed by atoms with Gasteiger partial charge in [0.1, 0.15) is 18.1 Å². The number of ether oxygens (including phenoxy) is 1. The quantitative estimate of drug-likeness (QED) is 0.884. The number of amides is 1. The molecule has 5 nitrogen and oxygen atoms in total. The van der Waals surface area contributed by atoms with E-state index in [2.05, 4.69) is 13.0 Å². The summed E-state index contributed by atoms with van der Waals surface area (Å²) < 4.78 is 11.6. The number of carbonyl (C=O) groups excluding carboxylic acids is 1. The molecule has 1 fully saturated rings. The van der Waals surface area contributed by atoms with E-state index in [0.29, 0.717) is 18.1 Å². The lowest BCUT2D eigenvalue weighted by atomic mass is 9.96. The van der Waals surface area contributed by atoms with Crippen molar-refractivity contribution >= 4 is 5.91 Å². The van der Waals surface area contributed by atoms with E-state index in [1.54, 1.807) is 6.07 Å². The molecule has 0 bridgehead atoms.